The molecule has 0 aliphatic heterocycles. The first-order chi connectivity index (χ1) is 19.2. The number of ether oxygens (including phenoxy) is 5. The van der Waals surface area contributed by atoms with Crippen LogP contribution < -0.4 is 15.6 Å². The van der Waals surface area contributed by atoms with Crippen LogP contribution >= 0.6 is 0 Å². The van der Waals surface area contributed by atoms with Crippen LogP contribution in [0.5, 0.6) is 5.75 Å². The van der Waals surface area contributed by atoms with Gasteiger partial charge < -0.3 is 28.8 Å². The van der Waals surface area contributed by atoms with E-state index in [2.05, 4.69) is 17.8 Å². The maximum absolute atomic E-state index is 12.3. The molecule has 0 radical (unpaired) electrons. The fraction of sp³-hybridized carbons (Fsp3) is 0.567. The Morgan fingerprint density at radius 3 is 1.90 bits per heavy atom. The van der Waals surface area contributed by atoms with Crippen LogP contribution in [0, 0.1) is 0 Å². The number of anilines is 1. The first-order valence-electron chi connectivity index (χ1n) is 14.0. The second-order valence-electron chi connectivity index (χ2n) is 8.98. The van der Waals surface area contributed by atoms with Gasteiger partial charge >= 0.3 is 0 Å². The Kier molecular flexibility index (Phi) is 18.5. The standard InChI is InChI=1S/C30H46N2O7/c1-2-3-4-5-6-9-16-35-17-18-36-19-20-37-21-22-38-23-24-39-28-14-12-27(13-15-28)31-32-30(34)29-11-8-7-10-26(29)25-33/h7-8,10-15,31,33H,2-6,9,16-25H2,1H3,(H,32,34). The lowest BCUT2D eigenvalue weighted by Gasteiger charge is -2.12. The van der Waals surface area contributed by atoms with E-state index in [9.17, 15) is 9.90 Å². The highest BCUT2D eigenvalue weighted by Crippen LogP contribution is 2.15. The van der Waals surface area contributed by atoms with E-state index in [1.807, 2.05) is 0 Å². The highest BCUT2D eigenvalue weighted by atomic mass is 16.6. The summed E-state index contributed by atoms with van der Waals surface area (Å²) >= 11 is 0. The van der Waals surface area contributed by atoms with Crippen LogP contribution in [0.4, 0.5) is 5.69 Å². The zero-order chi connectivity index (χ0) is 27.8. The summed E-state index contributed by atoms with van der Waals surface area (Å²) < 4.78 is 27.8. The fourth-order valence-corrected chi connectivity index (χ4v) is 3.68. The van der Waals surface area contributed by atoms with Crippen molar-refractivity contribution >= 4 is 11.6 Å². The minimum atomic E-state index is -0.322. The largest absolute Gasteiger partial charge is 0.491 e. The molecule has 0 aliphatic rings. The topological polar surface area (TPSA) is 108 Å². The summed E-state index contributed by atoms with van der Waals surface area (Å²) in [5, 5.41) is 9.37. The number of carbonyl (C=O) groups excluding carboxylic acids is 1. The van der Waals surface area contributed by atoms with Crippen molar-refractivity contribution in [1.82, 2.24) is 5.43 Å². The summed E-state index contributed by atoms with van der Waals surface area (Å²) in [7, 11) is 0. The van der Waals surface area contributed by atoms with E-state index in [0.29, 0.717) is 75.4 Å². The average molecular weight is 547 g/mol. The van der Waals surface area contributed by atoms with Gasteiger partial charge in [-0.1, -0.05) is 57.2 Å². The molecule has 39 heavy (non-hydrogen) atoms. The molecular weight excluding hydrogens is 500 g/mol. The lowest BCUT2D eigenvalue weighted by Crippen LogP contribution is -2.30. The number of benzene rings is 2. The van der Waals surface area contributed by atoms with Crippen molar-refractivity contribution in [2.75, 3.05) is 64.9 Å². The van der Waals surface area contributed by atoms with Crippen molar-refractivity contribution in [3.63, 3.8) is 0 Å². The predicted octanol–water partition coefficient (Wildman–Crippen LogP) is 4.74. The molecule has 3 N–H and O–H groups in total. The van der Waals surface area contributed by atoms with Gasteiger partial charge in [-0.05, 0) is 42.3 Å². The van der Waals surface area contributed by atoms with Gasteiger partial charge in [-0.15, -0.1) is 0 Å². The SMILES string of the molecule is CCCCCCCCOCCOCCOCCOCCOc1ccc(NNC(=O)c2ccccc2CO)cc1. The molecule has 0 aromatic heterocycles. The zero-order valence-electron chi connectivity index (χ0n) is 23.3. The molecule has 0 aliphatic carbocycles. The molecule has 0 bridgehead atoms. The summed E-state index contributed by atoms with van der Waals surface area (Å²) in [5.74, 6) is 0.378. The van der Waals surface area contributed by atoms with E-state index in [-0.39, 0.29) is 12.5 Å². The number of amides is 1. The van der Waals surface area contributed by atoms with Crippen molar-refractivity contribution in [2.45, 2.75) is 52.1 Å². The van der Waals surface area contributed by atoms with Crippen LogP contribution in [-0.4, -0.2) is 70.5 Å². The van der Waals surface area contributed by atoms with Gasteiger partial charge in [0.15, 0.2) is 0 Å². The molecule has 0 heterocycles. The molecule has 1 amide bonds. The van der Waals surface area contributed by atoms with Gasteiger partial charge in [0.1, 0.15) is 12.4 Å². The summed E-state index contributed by atoms with van der Waals surface area (Å²) in [4.78, 5) is 12.3. The highest BCUT2D eigenvalue weighted by molar-refractivity contribution is 5.96. The molecule has 2 rings (SSSR count). The number of unbranched alkanes of at least 4 members (excludes halogenated alkanes) is 5. The molecule has 0 unspecified atom stereocenters. The summed E-state index contributed by atoms with van der Waals surface area (Å²) in [6.45, 7) is 7.04. The van der Waals surface area contributed by atoms with Crippen LogP contribution in [0.2, 0.25) is 0 Å². The van der Waals surface area contributed by atoms with E-state index in [1.165, 1.54) is 32.1 Å². The Bertz CT molecular complexity index is 880. The zero-order valence-corrected chi connectivity index (χ0v) is 23.3. The number of hydrogen-bond acceptors (Lipinski definition) is 8. The van der Waals surface area contributed by atoms with Gasteiger partial charge in [0.2, 0.25) is 0 Å². The van der Waals surface area contributed by atoms with E-state index < -0.39 is 0 Å². The van der Waals surface area contributed by atoms with Crippen molar-refractivity contribution in [3.05, 3.63) is 59.7 Å². The molecule has 0 atom stereocenters. The quantitative estimate of drug-likeness (QED) is 0.128. The predicted molar refractivity (Wildman–Crippen MR) is 152 cm³/mol. The first kappa shape index (κ1) is 32.5. The van der Waals surface area contributed by atoms with Gasteiger partial charge in [-0.25, -0.2) is 0 Å². The monoisotopic (exact) mass is 546 g/mol. The highest BCUT2D eigenvalue weighted by Gasteiger charge is 2.09. The third kappa shape index (κ3) is 15.5. The van der Waals surface area contributed by atoms with E-state index in [1.54, 1.807) is 48.5 Å². The smallest absolute Gasteiger partial charge is 0.269 e. The molecule has 2 aromatic rings. The molecule has 0 saturated carbocycles. The molecule has 0 saturated heterocycles. The van der Waals surface area contributed by atoms with E-state index >= 15 is 0 Å². The van der Waals surface area contributed by atoms with Gasteiger partial charge in [-0.2, -0.15) is 0 Å². The van der Waals surface area contributed by atoms with Gasteiger partial charge in [0.25, 0.3) is 5.91 Å². The number of aliphatic hydroxyl groups is 1. The Balaban J connectivity index is 1.38. The molecule has 9 nitrogen and oxygen atoms in total. The number of carbonyl (C=O) groups is 1. The van der Waals surface area contributed by atoms with Gasteiger partial charge in [-0.3, -0.25) is 15.6 Å². The Hall–Kier alpha value is -2.69. The number of nitrogens with one attached hydrogen (secondary N) is 2. The van der Waals surface area contributed by atoms with Gasteiger partial charge in [0.05, 0.1) is 58.5 Å². The second kappa shape index (κ2) is 22.2. The van der Waals surface area contributed by atoms with Crippen LogP contribution in [0.1, 0.15) is 61.4 Å². The minimum Gasteiger partial charge on any atom is -0.491 e. The van der Waals surface area contributed by atoms with Crippen LogP contribution in [0.15, 0.2) is 48.5 Å². The number of hydrogen-bond donors (Lipinski definition) is 3. The van der Waals surface area contributed by atoms with Crippen molar-refractivity contribution in [1.29, 1.82) is 0 Å². The molecule has 9 heteroatoms. The molecule has 0 spiro atoms. The third-order valence-corrected chi connectivity index (χ3v) is 5.86. The maximum atomic E-state index is 12.3. The van der Waals surface area contributed by atoms with Crippen LogP contribution in [0.3, 0.4) is 0 Å². The Labute approximate surface area is 233 Å². The Morgan fingerprint density at radius 1 is 0.692 bits per heavy atom. The average Bonchev–Trinajstić information content (AvgIpc) is 2.97. The number of hydrazine groups is 1. The lowest BCUT2D eigenvalue weighted by molar-refractivity contribution is -0.00487. The number of rotatable bonds is 24. The normalized spacial score (nSPS) is 10.9. The summed E-state index contributed by atoms with van der Waals surface area (Å²) in [5.41, 5.74) is 7.18. The van der Waals surface area contributed by atoms with E-state index in [4.69, 9.17) is 23.7 Å². The second-order valence-corrected chi connectivity index (χ2v) is 8.98. The van der Waals surface area contributed by atoms with E-state index in [0.717, 1.165) is 13.0 Å². The summed E-state index contributed by atoms with van der Waals surface area (Å²) in [6, 6.07) is 14.1. The van der Waals surface area contributed by atoms with Crippen molar-refractivity contribution in [3.8, 4) is 5.75 Å². The molecule has 218 valence electrons. The van der Waals surface area contributed by atoms with Crippen molar-refractivity contribution in [2.24, 2.45) is 0 Å². The molecule has 2 aromatic carbocycles. The fourth-order valence-electron chi connectivity index (χ4n) is 3.68. The molecular formula is C30H46N2O7. The minimum absolute atomic E-state index is 0.197. The van der Waals surface area contributed by atoms with Gasteiger partial charge in [0, 0.05) is 12.2 Å². The molecule has 0 fully saturated rings. The van der Waals surface area contributed by atoms with Crippen molar-refractivity contribution < 1.29 is 33.6 Å². The van der Waals surface area contributed by atoms with Crippen LogP contribution in [0.25, 0.3) is 0 Å². The summed E-state index contributed by atoms with van der Waals surface area (Å²) in [6.07, 6.45) is 7.64. The van der Waals surface area contributed by atoms with Crippen LogP contribution in [-0.2, 0) is 25.6 Å². The maximum Gasteiger partial charge on any atom is 0.269 e. The Morgan fingerprint density at radius 2 is 1.26 bits per heavy atom. The number of aliphatic hydroxyl groups excluding tert-OH is 1. The first-order valence-corrected chi connectivity index (χ1v) is 14.0. The lowest BCUT2D eigenvalue weighted by atomic mass is 10.1. The third-order valence-electron chi connectivity index (χ3n) is 5.86.